The van der Waals surface area contributed by atoms with Crippen LogP contribution < -0.4 is 0 Å². The molecule has 2 saturated heterocycles. The maximum atomic E-state index is 11.5. The molecule has 0 aromatic carbocycles. The van der Waals surface area contributed by atoms with E-state index < -0.39 is 149 Å². The van der Waals surface area contributed by atoms with Crippen LogP contribution in [0.4, 0.5) is 0 Å². The average Bonchev–Trinajstić information content (AvgIpc) is 2.97. The van der Waals surface area contributed by atoms with Crippen molar-refractivity contribution in [2.75, 3.05) is 33.0 Å². The van der Waals surface area contributed by atoms with Gasteiger partial charge in [0.1, 0.15) is 42.7 Å². The van der Waals surface area contributed by atoms with Crippen molar-refractivity contribution in [2.45, 2.75) is 80.7 Å². The maximum Gasteiger partial charge on any atom is 0.397 e. The lowest BCUT2D eigenvalue weighted by Gasteiger charge is -2.44. The highest BCUT2D eigenvalue weighted by Crippen LogP contribution is 2.34. The second-order valence-electron chi connectivity index (χ2n) is 11.3. The molecule has 292 valence electrons. The van der Waals surface area contributed by atoms with Gasteiger partial charge in [-0.2, -0.15) is 25.3 Å². The Labute approximate surface area is 284 Å². The van der Waals surface area contributed by atoms with Crippen LogP contribution in [0.25, 0.3) is 0 Å². The van der Waals surface area contributed by atoms with Gasteiger partial charge in [0.05, 0.1) is 38.6 Å². The zero-order valence-electron chi connectivity index (χ0n) is 25.7. The smallest absolute Gasteiger partial charge is 0.397 e. The first kappa shape index (κ1) is 42.7. The Balaban J connectivity index is 1.72. The number of carbonyl (C=O) groups is 1. The second kappa shape index (κ2) is 17.4. The van der Waals surface area contributed by atoms with E-state index in [1.54, 1.807) is 0 Å². The lowest BCUT2D eigenvalue weighted by atomic mass is 9.81. The van der Waals surface area contributed by atoms with Crippen LogP contribution in [0, 0.1) is 11.8 Å². The molecule has 3 aliphatic heterocycles. The van der Waals surface area contributed by atoms with Crippen molar-refractivity contribution in [3.63, 3.8) is 0 Å². The number of aliphatic hydroxyl groups is 5. The van der Waals surface area contributed by atoms with Crippen molar-refractivity contribution in [2.24, 2.45) is 11.8 Å². The van der Waals surface area contributed by atoms with Gasteiger partial charge in [0, 0.05) is 18.4 Å². The van der Waals surface area contributed by atoms with Gasteiger partial charge in [-0.05, 0) is 19.4 Å². The molecule has 11 unspecified atom stereocenters. The third kappa shape index (κ3) is 12.4. The number of aliphatic carboxylic acids is 1. The molecule has 0 amide bonds. The van der Waals surface area contributed by atoms with Gasteiger partial charge in [-0.1, -0.05) is 0 Å². The third-order valence-electron chi connectivity index (χ3n) is 7.80. The molecule has 3 rings (SSSR count). The van der Waals surface area contributed by atoms with Gasteiger partial charge >= 0.3 is 37.2 Å². The maximum absolute atomic E-state index is 11.5. The molecule has 0 bridgehead atoms. The van der Waals surface area contributed by atoms with Crippen LogP contribution in [-0.4, -0.2) is 176 Å². The van der Waals surface area contributed by atoms with Crippen molar-refractivity contribution in [3.05, 3.63) is 11.8 Å². The minimum absolute atomic E-state index is 0.177. The van der Waals surface area contributed by atoms with Gasteiger partial charge in [0.25, 0.3) is 0 Å². The zero-order valence-corrected chi connectivity index (χ0v) is 28.1. The summed E-state index contributed by atoms with van der Waals surface area (Å²) in [4.78, 5) is 11.2. The average molecular weight is 795 g/mol. The van der Waals surface area contributed by atoms with Crippen molar-refractivity contribution in [3.8, 4) is 0 Å². The first-order valence-corrected chi connectivity index (χ1v) is 18.5. The van der Waals surface area contributed by atoms with Crippen molar-refractivity contribution < 1.29 is 111 Å². The van der Waals surface area contributed by atoms with Gasteiger partial charge in [0.2, 0.25) is 5.76 Å². The molecule has 0 spiro atoms. The van der Waals surface area contributed by atoms with Gasteiger partial charge in [0.15, 0.2) is 12.4 Å². The Bertz CT molecular complexity index is 1500. The summed E-state index contributed by atoms with van der Waals surface area (Å²) in [6.45, 7) is -1.85. The molecule has 24 nitrogen and oxygen atoms in total. The van der Waals surface area contributed by atoms with Crippen LogP contribution in [0.1, 0.15) is 13.3 Å². The summed E-state index contributed by atoms with van der Waals surface area (Å²) < 4.78 is 135. The quantitative estimate of drug-likeness (QED) is 0.0492. The zero-order chi connectivity index (χ0) is 37.8. The lowest BCUT2D eigenvalue weighted by Crippen LogP contribution is -2.60. The van der Waals surface area contributed by atoms with E-state index in [-0.39, 0.29) is 13.0 Å². The molecule has 13 atom stereocenters. The molecule has 3 heterocycles. The molecule has 0 aromatic rings. The van der Waals surface area contributed by atoms with Crippen LogP contribution in [0.3, 0.4) is 0 Å². The number of hydrogen-bond acceptors (Lipinski definition) is 20. The largest absolute Gasteiger partial charge is 0.478 e. The standard InChI is InChI=1S/C23H38O24S3/c1-9-20(46-49(34,35)36)19(27)21(47-50(37,38)39)16(43-9)7-41-5-11-10(23(30)45-15(17(11)25)8-42-48(31,32)33)2-3-40-6-14-18(26)12(24)4-13(44-14)22(28)29/h4,9-12,14-21,23-27,30H,2-3,5-8H2,1H3,(H,28,29)(H,31,32,33)(H,34,35,36)(H,37,38,39)/t9?,10?,11?,12?,14?,15?,16-,17?,18?,19?,20+,21?,23?/m0/s1. The SMILES string of the molecule is CC1O[C@@H](COCC2C(O)C(COS(=O)(=O)O)OC(O)C2CCOCC2OC(C(=O)O)=CC(O)C2O)C(OS(=O)(=O)O)C(O)[C@@H]1OS(=O)(=O)O. The third-order valence-corrected chi connectivity index (χ3v) is 9.17. The topological polar surface area (TPSA) is 375 Å². The number of carboxylic acid groups (broad SMARTS) is 1. The van der Waals surface area contributed by atoms with Crippen molar-refractivity contribution in [1.29, 1.82) is 0 Å². The van der Waals surface area contributed by atoms with E-state index in [9.17, 15) is 60.1 Å². The highest BCUT2D eigenvalue weighted by atomic mass is 32.3. The van der Waals surface area contributed by atoms with Crippen LogP contribution in [0.5, 0.6) is 0 Å². The number of aliphatic hydroxyl groups excluding tert-OH is 5. The van der Waals surface area contributed by atoms with E-state index in [0.717, 1.165) is 6.08 Å². The summed E-state index contributed by atoms with van der Waals surface area (Å²) in [5, 5.41) is 61.5. The lowest BCUT2D eigenvalue weighted by molar-refractivity contribution is -0.266. The van der Waals surface area contributed by atoms with E-state index in [2.05, 4.69) is 12.5 Å². The molecule has 0 saturated carbocycles. The van der Waals surface area contributed by atoms with E-state index in [1.165, 1.54) is 6.92 Å². The molecule has 3 aliphatic rings. The fourth-order valence-electron chi connectivity index (χ4n) is 5.49. The highest BCUT2D eigenvalue weighted by molar-refractivity contribution is 7.81. The molecular weight excluding hydrogens is 756 g/mol. The number of carboxylic acids is 1. The highest BCUT2D eigenvalue weighted by Gasteiger charge is 2.50. The summed E-state index contributed by atoms with van der Waals surface area (Å²) in [6.07, 6.45) is -18.1. The van der Waals surface area contributed by atoms with Crippen molar-refractivity contribution in [1.82, 2.24) is 0 Å². The van der Waals surface area contributed by atoms with Gasteiger partial charge in [-0.15, -0.1) is 0 Å². The number of hydrogen-bond donors (Lipinski definition) is 9. The monoisotopic (exact) mass is 794 g/mol. The number of rotatable bonds is 17. The van der Waals surface area contributed by atoms with Gasteiger partial charge in [-0.3, -0.25) is 13.7 Å². The molecule has 9 N–H and O–H groups in total. The molecule has 50 heavy (non-hydrogen) atoms. The van der Waals surface area contributed by atoms with Crippen LogP contribution >= 0.6 is 0 Å². The van der Waals surface area contributed by atoms with Gasteiger partial charge in [-0.25, -0.2) is 17.3 Å². The fourth-order valence-corrected chi connectivity index (χ4v) is 6.87. The normalized spacial score (nSPS) is 37.1. The predicted molar refractivity (Wildman–Crippen MR) is 153 cm³/mol. The second-order valence-corrected chi connectivity index (χ2v) is 14.5. The minimum atomic E-state index is -5.33. The van der Waals surface area contributed by atoms with Crippen LogP contribution in [0.15, 0.2) is 11.8 Å². The minimum Gasteiger partial charge on any atom is -0.478 e. The molecular formula is C23H38O24S3. The fraction of sp³-hybridized carbons (Fsp3) is 0.870. The predicted octanol–water partition coefficient (Wildman–Crippen LogP) is -4.85. The van der Waals surface area contributed by atoms with E-state index in [1.807, 2.05) is 0 Å². The molecule has 2 fully saturated rings. The summed E-state index contributed by atoms with van der Waals surface area (Å²) in [5.74, 6) is -4.48. The van der Waals surface area contributed by atoms with E-state index in [4.69, 9.17) is 37.9 Å². The molecule has 27 heteroatoms. The molecule has 0 aliphatic carbocycles. The Hall–Kier alpha value is -1.74. The first-order valence-electron chi connectivity index (χ1n) is 14.4. The van der Waals surface area contributed by atoms with Gasteiger partial charge < -0.3 is 54.3 Å². The van der Waals surface area contributed by atoms with E-state index >= 15 is 0 Å². The Morgan fingerprint density at radius 1 is 0.720 bits per heavy atom. The molecule has 0 aromatic heterocycles. The summed E-state index contributed by atoms with van der Waals surface area (Å²) in [6, 6.07) is 0. The first-order chi connectivity index (χ1) is 23.0. The van der Waals surface area contributed by atoms with Crippen LogP contribution in [-0.2, 0) is 72.2 Å². The summed E-state index contributed by atoms with van der Waals surface area (Å²) >= 11 is 0. The van der Waals surface area contributed by atoms with E-state index in [0.29, 0.717) is 0 Å². The Morgan fingerprint density at radius 2 is 1.32 bits per heavy atom. The summed E-state index contributed by atoms with van der Waals surface area (Å²) in [5.41, 5.74) is 0. The van der Waals surface area contributed by atoms with Crippen molar-refractivity contribution >= 4 is 37.2 Å². The Kier molecular flexibility index (Phi) is 14.8. The Morgan fingerprint density at radius 3 is 1.90 bits per heavy atom. The molecule has 0 radical (unpaired) electrons. The summed E-state index contributed by atoms with van der Waals surface area (Å²) in [7, 11) is -15.6. The number of ether oxygens (including phenoxy) is 5. The van der Waals surface area contributed by atoms with Crippen LogP contribution in [0.2, 0.25) is 0 Å².